The van der Waals surface area contributed by atoms with Crippen LogP contribution in [0, 0.1) is 12.3 Å². The number of aromatic nitrogens is 4. The fraction of sp³-hybridized carbons (Fsp3) is 0.571. The Balaban J connectivity index is 1.85. The maximum Gasteiger partial charge on any atom is 0.278 e. The Kier molecular flexibility index (Phi) is 3.07. The van der Waals surface area contributed by atoms with Crippen LogP contribution in [-0.2, 0) is 7.05 Å². The van der Waals surface area contributed by atoms with Crippen molar-refractivity contribution in [2.24, 2.45) is 12.5 Å². The lowest BCUT2D eigenvalue weighted by Gasteiger charge is -2.24. The number of likely N-dealkylation sites (tertiary alicyclic amines) is 1. The minimum Gasteiger partial charge on any atom is -0.336 e. The summed E-state index contributed by atoms with van der Waals surface area (Å²) in [5, 5.41) is 11.6. The minimum atomic E-state index is -0.117. The van der Waals surface area contributed by atoms with Gasteiger partial charge in [0.2, 0.25) is 0 Å². The lowest BCUT2D eigenvalue weighted by atomic mass is 9.79. The first-order chi connectivity index (χ1) is 9.88. The maximum absolute atomic E-state index is 12.5. The van der Waals surface area contributed by atoms with Gasteiger partial charge in [0, 0.05) is 32.3 Å². The highest BCUT2D eigenvalue weighted by atomic mass is 16.6. The molecule has 1 aliphatic heterocycles. The fourth-order valence-electron chi connectivity index (χ4n) is 3.04. The number of carbonyl (C=O) groups is 1. The van der Waals surface area contributed by atoms with Crippen LogP contribution in [0.5, 0.6) is 0 Å². The van der Waals surface area contributed by atoms with Crippen LogP contribution >= 0.6 is 0 Å². The molecule has 112 valence electrons. The summed E-state index contributed by atoms with van der Waals surface area (Å²) in [4.78, 5) is 14.4. The molecule has 0 spiro atoms. The van der Waals surface area contributed by atoms with Gasteiger partial charge in [-0.05, 0) is 23.1 Å². The van der Waals surface area contributed by atoms with Gasteiger partial charge in [0.05, 0.1) is 6.20 Å². The van der Waals surface area contributed by atoms with Crippen LogP contribution in [0.3, 0.4) is 0 Å². The van der Waals surface area contributed by atoms with Crippen molar-refractivity contribution in [3.63, 3.8) is 0 Å². The van der Waals surface area contributed by atoms with Crippen LogP contribution in [0.2, 0.25) is 0 Å². The molecule has 21 heavy (non-hydrogen) atoms. The van der Waals surface area contributed by atoms with Crippen LogP contribution in [0.15, 0.2) is 17.0 Å². The van der Waals surface area contributed by atoms with E-state index in [-0.39, 0.29) is 17.2 Å². The number of hydrogen-bond donors (Lipinski definition) is 0. The predicted molar refractivity (Wildman–Crippen MR) is 74.7 cm³/mol. The molecule has 1 aliphatic rings. The smallest absolute Gasteiger partial charge is 0.278 e. The molecule has 7 heteroatoms. The average molecular weight is 289 g/mol. The Hall–Kier alpha value is -2.18. The van der Waals surface area contributed by atoms with E-state index in [1.165, 1.54) is 0 Å². The van der Waals surface area contributed by atoms with Crippen molar-refractivity contribution in [2.75, 3.05) is 13.1 Å². The molecule has 1 fully saturated rings. The minimum absolute atomic E-state index is 0.0102. The lowest BCUT2D eigenvalue weighted by molar-refractivity contribution is 0.0766. The molecule has 2 aromatic heterocycles. The SMILES string of the molecule is Cc1nonc1C(=O)N1CC(c2cnn(C)c2)C(C)(C)C1. The summed E-state index contributed by atoms with van der Waals surface area (Å²) in [6.07, 6.45) is 3.90. The van der Waals surface area contributed by atoms with E-state index < -0.39 is 0 Å². The molecule has 1 atom stereocenters. The van der Waals surface area contributed by atoms with Gasteiger partial charge in [0.1, 0.15) is 5.69 Å². The monoisotopic (exact) mass is 289 g/mol. The fourth-order valence-corrected chi connectivity index (χ4v) is 3.04. The molecule has 0 N–H and O–H groups in total. The average Bonchev–Trinajstić information content (AvgIpc) is 3.08. The second-order valence-electron chi connectivity index (χ2n) is 6.37. The standard InChI is InChI=1S/C14H19N5O2/c1-9-12(17-21-16-9)13(20)19-7-11(14(2,3)8-19)10-5-15-18(4)6-10/h5-6,11H,7-8H2,1-4H3. The third-order valence-electron chi connectivity index (χ3n) is 4.21. The highest BCUT2D eigenvalue weighted by molar-refractivity contribution is 5.93. The van der Waals surface area contributed by atoms with Crippen LogP contribution in [-0.4, -0.2) is 44.0 Å². The maximum atomic E-state index is 12.5. The molecule has 0 radical (unpaired) electrons. The van der Waals surface area contributed by atoms with Crippen molar-refractivity contribution in [3.8, 4) is 0 Å². The number of aryl methyl sites for hydroxylation is 2. The largest absolute Gasteiger partial charge is 0.336 e. The number of hydrogen-bond acceptors (Lipinski definition) is 5. The van der Waals surface area contributed by atoms with Crippen LogP contribution in [0.4, 0.5) is 0 Å². The molecule has 0 aromatic carbocycles. The van der Waals surface area contributed by atoms with Crippen LogP contribution in [0.25, 0.3) is 0 Å². The van der Waals surface area contributed by atoms with Gasteiger partial charge in [0.15, 0.2) is 5.69 Å². The van der Waals surface area contributed by atoms with E-state index in [1.807, 2.05) is 24.3 Å². The summed E-state index contributed by atoms with van der Waals surface area (Å²) >= 11 is 0. The predicted octanol–water partition coefficient (Wildman–Crippen LogP) is 1.38. The van der Waals surface area contributed by atoms with Crippen LogP contribution < -0.4 is 0 Å². The zero-order valence-corrected chi connectivity index (χ0v) is 12.7. The quantitative estimate of drug-likeness (QED) is 0.834. The van der Waals surface area contributed by atoms with Crippen molar-refractivity contribution in [3.05, 3.63) is 29.3 Å². The van der Waals surface area contributed by atoms with Crippen molar-refractivity contribution in [1.29, 1.82) is 0 Å². The van der Waals surface area contributed by atoms with Gasteiger partial charge in [-0.25, -0.2) is 4.63 Å². The molecule has 3 heterocycles. The molecule has 0 aliphatic carbocycles. The van der Waals surface area contributed by atoms with Crippen molar-refractivity contribution in [1.82, 2.24) is 25.0 Å². The summed E-state index contributed by atoms with van der Waals surface area (Å²) in [6.45, 7) is 7.41. The third kappa shape index (κ3) is 2.32. The second-order valence-corrected chi connectivity index (χ2v) is 6.37. The first kappa shape index (κ1) is 13.8. The van der Waals surface area contributed by atoms with E-state index in [2.05, 4.69) is 33.9 Å². The number of amides is 1. The Morgan fingerprint density at radius 3 is 2.76 bits per heavy atom. The topological polar surface area (TPSA) is 77.1 Å². The van der Waals surface area contributed by atoms with Gasteiger partial charge in [-0.1, -0.05) is 19.0 Å². The first-order valence-electron chi connectivity index (χ1n) is 6.95. The summed E-state index contributed by atoms with van der Waals surface area (Å²) in [5.41, 5.74) is 1.98. The van der Waals surface area contributed by atoms with Crippen LogP contribution in [0.1, 0.15) is 41.5 Å². The molecule has 0 saturated carbocycles. The summed E-state index contributed by atoms with van der Waals surface area (Å²) in [6, 6.07) is 0. The Labute approximate surface area is 122 Å². The number of nitrogens with zero attached hydrogens (tertiary/aromatic N) is 5. The second kappa shape index (κ2) is 4.68. The Bertz CT molecular complexity index is 672. The Morgan fingerprint density at radius 2 is 2.19 bits per heavy atom. The summed E-state index contributed by atoms with van der Waals surface area (Å²) in [7, 11) is 1.90. The number of carbonyl (C=O) groups excluding carboxylic acids is 1. The molecule has 2 aromatic rings. The van der Waals surface area contributed by atoms with E-state index in [4.69, 9.17) is 0 Å². The van der Waals surface area contributed by atoms with E-state index in [1.54, 1.807) is 11.6 Å². The summed E-state index contributed by atoms with van der Waals surface area (Å²) < 4.78 is 6.43. The van der Waals surface area contributed by atoms with Gasteiger partial charge < -0.3 is 4.90 Å². The molecule has 7 nitrogen and oxygen atoms in total. The van der Waals surface area contributed by atoms with E-state index >= 15 is 0 Å². The van der Waals surface area contributed by atoms with E-state index in [0.29, 0.717) is 24.5 Å². The Morgan fingerprint density at radius 1 is 1.43 bits per heavy atom. The summed E-state index contributed by atoms with van der Waals surface area (Å²) in [5.74, 6) is 0.142. The first-order valence-corrected chi connectivity index (χ1v) is 6.95. The molecule has 1 saturated heterocycles. The van der Waals surface area contributed by atoms with Gasteiger partial charge in [-0.2, -0.15) is 5.10 Å². The van der Waals surface area contributed by atoms with Crippen molar-refractivity contribution in [2.45, 2.75) is 26.7 Å². The molecule has 0 bridgehead atoms. The zero-order valence-electron chi connectivity index (χ0n) is 12.7. The van der Waals surface area contributed by atoms with Gasteiger partial charge in [-0.15, -0.1) is 0 Å². The molecule has 1 amide bonds. The van der Waals surface area contributed by atoms with Crippen molar-refractivity contribution < 1.29 is 9.42 Å². The molecular weight excluding hydrogens is 270 g/mol. The molecule has 1 unspecified atom stereocenters. The van der Waals surface area contributed by atoms with Gasteiger partial charge in [-0.3, -0.25) is 9.48 Å². The van der Waals surface area contributed by atoms with Crippen molar-refractivity contribution >= 4 is 5.91 Å². The number of rotatable bonds is 2. The normalized spacial score (nSPS) is 21.0. The molecule has 3 rings (SSSR count). The molecular formula is C14H19N5O2. The highest BCUT2D eigenvalue weighted by Gasteiger charge is 2.43. The highest BCUT2D eigenvalue weighted by Crippen LogP contribution is 2.42. The van der Waals surface area contributed by atoms with E-state index in [0.717, 1.165) is 5.56 Å². The van der Waals surface area contributed by atoms with Gasteiger partial charge in [0.25, 0.3) is 5.91 Å². The lowest BCUT2D eigenvalue weighted by Crippen LogP contribution is -2.30. The van der Waals surface area contributed by atoms with Gasteiger partial charge >= 0.3 is 0 Å². The zero-order chi connectivity index (χ0) is 15.2. The third-order valence-corrected chi connectivity index (χ3v) is 4.21. The van der Waals surface area contributed by atoms with E-state index in [9.17, 15) is 4.79 Å².